The molecule has 0 N–H and O–H groups in total. The first-order valence-electron chi connectivity index (χ1n) is 9.03. The fourth-order valence-electron chi connectivity index (χ4n) is 3.05. The van der Waals surface area contributed by atoms with Gasteiger partial charge in [0.15, 0.2) is 11.0 Å². The summed E-state index contributed by atoms with van der Waals surface area (Å²) < 4.78 is 14.1. The van der Waals surface area contributed by atoms with Gasteiger partial charge in [-0.15, -0.1) is 10.2 Å². The van der Waals surface area contributed by atoms with E-state index in [0.29, 0.717) is 17.8 Å². The number of halogens is 2. The Morgan fingerprint density at radius 3 is 2.50 bits per heavy atom. The molecule has 1 heterocycles. The van der Waals surface area contributed by atoms with Crippen LogP contribution in [0.2, 0.25) is 5.15 Å². The summed E-state index contributed by atoms with van der Waals surface area (Å²) in [4.78, 5) is 14.4. The number of aromatic nitrogens is 2. The molecule has 0 unspecified atom stereocenters. The molecule has 0 fully saturated rings. The van der Waals surface area contributed by atoms with Gasteiger partial charge in [0.1, 0.15) is 5.82 Å². The van der Waals surface area contributed by atoms with Crippen molar-refractivity contribution in [1.29, 1.82) is 0 Å². The average Bonchev–Trinajstić information content (AvgIpc) is 2.67. The first-order chi connectivity index (χ1) is 13.4. The van der Waals surface area contributed by atoms with Crippen LogP contribution in [0.3, 0.4) is 0 Å². The molecule has 3 aromatic rings. The lowest BCUT2D eigenvalue weighted by Crippen LogP contribution is -2.32. The van der Waals surface area contributed by atoms with Crippen molar-refractivity contribution in [2.24, 2.45) is 0 Å². The summed E-state index contributed by atoms with van der Waals surface area (Å²) in [6.45, 7) is 4.15. The van der Waals surface area contributed by atoms with E-state index in [-0.39, 0.29) is 29.8 Å². The van der Waals surface area contributed by atoms with Crippen LogP contribution in [-0.2, 0) is 17.8 Å². The van der Waals surface area contributed by atoms with Crippen molar-refractivity contribution >= 4 is 23.3 Å². The molecule has 0 atom stereocenters. The Morgan fingerprint density at radius 1 is 1.04 bits per heavy atom. The van der Waals surface area contributed by atoms with Gasteiger partial charge >= 0.3 is 0 Å². The van der Waals surface area contributed by atoms with Crippen LogP contribution in [0.4, 0.5) is 10.2 Å². The van der Waals surface area contributed by atoms with Crippen LogP contribution in [0, 0.1) is 19.7 Å². The van der Waals surface area contributed by atoms with Gasteiger partial charge in [0.05, 0.1) is 6.54 Å². The minimum atomic E-state index is -0.364. The van der Waals surface area contributed by atoms with Gasteiger partial charge < -0.3 is 0 Å². The van der Waals surface area contributed by atoms with E-state index in [0.717, 1.165) is 11.1 Å². The summed E-state index contributed by atoms with van der Waals surface area (Å²) in [7, 11) is 0. The quantitative estimate of drug-likeness (QED) is 0.584. The van der Waals surface area contributed by atoms with Crippen LogP contribution >= 0.6 is 11.6 Å². The van der Waals surface area contributed by atoms with Crippen molar-refractivity contribution in [2.75, 3.05) is 4.90 Å². The Hall–Kier alpha value is -2.79. The maximum atomic E-state index is 14.1. The third kappa shape index (κ3) is 4.93. The van der Waals surface area contributed by atoms with E-state index in [2.05, 4.69) is 16.3 Å². The van der Waals surface area contributed by atoms with Crippen LogP contribution < -0.4 is 4.90 Å². The normalized spacial score (nSPS) is 10.7. The van der Waals surface area contributed by atoms with Gasteiger partial charge in [0.25, 0.3) is 0 Å². The van der Waals surface area contributed by atoms with E-state index in [9.17, 15) is 9.18 Å². The number of nitrogens with zero attached hydrogens (tertiary/aromatic N) is 3. The van der Waals surface area contributed by atoms with Crippen molar-refractivity contribution in [3.8, 4) is 0 Å². The highest BCUT2D eigenvalue weighted by atomic mass is 35.5. The molecule has 6 heteroatoms. The van der Waals surface area contributed by atoms with Crippen molar-refractivity contribution in [3.05, 3.63) is 87.8 Å². The van der Waals surface area contributed by atoms with E-state index in [1.165, 1.54) is 16.5 Å². The minimum absolute atomic E-state index is 0.0781. The summed E-state index contributed by atoms with van der Waals surface area (Å²) in [6, 6.07) is 15.8. The number of hydrogen-bond acceptors (Lipinski definition) is 3. The summed E-state index contributed by atoms with van der Waals surface area (Å²) in [5.74, 6) is -0.172. The van der Waals surface area contributed by atoms with Crippen LogP contribution in [0.1, 0.15) is 28.7 Å². The number of amides is 1. The predicted molar refractivity (Wildman–Crippen MR) is 109 cm³/mol. The fraction of sp³-hybridized carbons (Fsp3) is 0.227. The van der Waals surface area contributed by atoms with Gasteiger partial charge in [-0.25, -0.2) is 4.39 Å². The van der Waals surface area contributed by atoms with Gasteiger partial charge in [-0.3, -0.25) is 9.69 Å². The second-order valence-corrected chi connectivity index (χ2v) is 7.10. The van der Waals surface area contributed by atoms with Crippen LogP contribution in [0.25, 0.3) is 0 Å². The Kier molecular flexibility index (Phi) is 6.37. The topological polar surface area (TPSA) is 46.1 Å². The Labute approximate surface area is 169 Å². The maximum absolute atomic E-state index is 14.1. The lowest BCUT2D eigenvalue weighted by molar-refractivity contribution is -0.118. The smallest absolute Gasteiger partial charge is 0.228 e. The average molecular weight is 398 g/mol. The molecule has 0 radical (unpaired) electrons. The summed E-state index contributed by atoms with van der Waals surface area (Å²) in [5.41, 5.74) is 3.87. The van der Waals surface area contributed by atoms with Crippen LogP contribution in [0.5, 0.6) is 0 Å². The highest BCUT2D eigenvalue weighted by molar-refractivity contribution is 6.29. The molecule has 144 valence electrons. The van der Waals surface area contributed by atoms with Crippen molar-refractivity contribution in [3.63, 3.8) is 0 Å². The zero-order chi connectivity index (χ0) is 20.1. The van der Waals surface area contributed by atoms with Gasteiger partial charge in [-0.2, -0.15) is 0 Å². The van der Waals surface area contributed by atoms with Gasteiger partial charge in [-0.1, -0.05) is 53.6 Å². The molecule has 3 rings (SSSR count). The molecule has 0 saturated carbocycles. The molecule has 1 aromatic heterocycles. The molecule has 0 aliphatic heterocycles. The molecule has 0 saturated heterocycles. The Morgan fingerprint density at radius 2 is 1.82 bits per heavy atom. The number of carbonyl (C=O) groups excluding carboxylic acids is 1. The summed E-state index contributed by atoms with van der Waals surface area (Å²) in [5, 5.41) is 8.06. The molecule has 0 spiro atoms. The first-order valence-corrected chi connectivity index (χ1v) is 9.41. The molecule has 0 bridgehead atoms. The maximum Gasteiger partial charge on any atom is 0.228 e. The molecule has 4 nitrogen and oxygen atoms in total. The van der Waals surface area contributed by atoms with E-state index < -0.39 is 0 Å². The van der Waals surface area contributed by atoms with Crippen LogP contribution in [0.15, 0.2) is 54.6 Å². The molecular formula is C22H21ClFN3O. The highest BCUT2D eigenvalue weighted by Crippen LogP contribution is 2.20. The largest absolute Gasteiger partial charge is 0.291 e. The number of aryl methyl sites for hydroxylation is 3. The number of anilines is 1. The Bertz CT molecular complexity index is 976. The molecule has 0 aliphatic carbocycles. The highest BCUT2D eigenvalue weighted by Gasteiger charge is 2.19. The van der Waals surface area contributed by atoms with E-state index in [4.69, 9.17) is 11.6 Å². The van der Waals surface area contributed by atoms with E-state index in [1.807, 2.05) is 26.0 Å². The molecule has 0 aliphatic rings. The van der Waals surface area contributed by atoms with Crippen molar-refractivity contribution < 1.29 is 9.18 Å². The monoisotopic (exact) mass is 397 g/mol. The predicted octanol–water partition coefficient (Wildman–Crippen LogP) is 5.05. The minimum Gasteiger partial charge on any atom is -0.291 e. The number of benzene rings is 2. The molecular weight excluding hydrogens is 377 g/mol. The van der Waals surface area contributed by atoms with Crippen LogP contribution in [-0.4, -0.2) is 16.1 Å². The number of carbonyl (C=O) groups is 1. The summed E-state index contributed by atoms with van der Waals surface area (Å²) >= 11 is 5.82. The van der Waals surface area contributed by atoms with Crippen molar-refractivity contribution in [2.45, 2.75) is 33.2 Å². The SMILES string of the molecule is Cc1ccc(CCC(=O)N(Cc2ccccc2F)c2ccc(Cl)nn2)c(C)c1. The fourth-order valence-corrected chi connectivity index (χ4v) is 3.15. The van der Waals surface area contributed by atoms with E-state index >= 15 is 0 Å². The second-order valence-electron chi connectivity index (χ2n) is 6.72. The first kappa shape index (κ1) is 20.0. The molecule has 28 heavy (non-hydrogen) atoms. The second kappa shape index (κ2) is 8.93. The van der Waals surface area contributed by atoms with Gasteiger partial charge in [0.2, 0.25) is 5.91 Å². The lowest BCUT2D eigenvalue weighted by Gasteiger charge is -2.22. The van der Waals surface area contributed by atoms with Gasteiger partial charge in [0, 0.05) is 12.0 Å². The zero-order valence-corrected chi connectivity index (χ0v) is 16.6. The molecule has 1 amide bonds. The third-order valence-electron chi connectivity index (χ3n) is 4.59. The van der Waals surface area contributed by atoms with E-state index in [1.54, 1.807) is 30.3 Å². The zero-order valence-electron chi connectivity index (χ0n) is 15.8. The van der Waals surface area contributed by atoms with Crippen molar-refractivity contribution in [1.82, 2.24) is 10.2 Å². The van der Waals surface area contributed by atoms with Gasteiger partial charge in [-0.05, 0) is 49.6 Å². The number of rotatable bonds is 6. The molecule has 2 aromatic carbocycles. The lowest BCUT2D eigenvalue weighted by atomic mass is 10.0. The Balaban J connectivity index is 1.82. The standard InChI is InChI=1S/C22H21ClFN3O/c1-15-7-8-17(16(2)13-15)9-12-22(28)27(21-11-10-20(23)25-26-21)14-18-5-3-4-6-19(18)24/h3-8,10-11,13H,9,12,14H2,1-2H3. The number of hydrogen-bond donors (Lipinski definition) is 0. The third-order valence-corrected chi connectivity index (χ3v) is 4.79. The summed E-state index contributed by atoms with van der Waals surface area (Å²) in [6.07, 6.45) is 0.877.